The number of H-pyrrole nitrogens is 1. The maximum Gasteiger partial charge on any atom is 0.221 e. The van der Waals surface area contributed by atoms with E-state index in [9.17, 15) is 9.59 Å². The minimum atomic E-state index is -0.188. The molecule has 0 spiro atoms. The van der Waals surface area contributed by atoms with E-state index in [1.807, 2.05) is 36.4 Å². The van der Waals surface area contributed by atoms with Crippen LogP contribution >= 0.6 is 0 Å². The fourth-order valence-electron chi connectivity index (χ4n) is 2.20. The van der Waals surface area contributed by atoms with E-state index in [0.29, 0.717) is 5.82 Å². The number of nitrogens with zero attached hydrogens (tertiary/aromatic N) is 1. The Hall–Kier alpha value is -3.21. The summed E-state index contributed by atoms with van der Waals surface area (Å²) in [6.07, 6.45) is 3.19. The molecule has 2 N–H and O–H groups in total. The van der Waals surface area contributed by atoms with Crippen LogP contribution in [0.3, 0.4) is 0 Å². The molecule has 0 atom stereocenters. The van der Waals surface area contributed by atoms with Crippen molar-refractivity contribution in [1.82, 2.24) is 9.97 Å². The van der Waals surface area contributed by atoms with Gasteiger partial charge in [0.1, 0.15) is 0 Å². The average Bonchev–Trinajstić information content (AvgIpc) is 2.97. The molecular formula is C18H15N3O2. The Kier molecular flexibility index (Phi) is 4.01. The normalized spacial score (nSPS) is 11.0. The summed E-state index contributed by atoms with van der Waals surface area (Å²) in [7, 11) is 0. The number of para-hydroxylation sites is 2. The van der Waals surface area contributed by atoms with Crippen LogP contribution in [-0.2, 0) is 4.79 Å². The van der Waals surface area contributed by atoms with Crippen molar-refractivity contribution >= 4 is 34.5 Å². The third-order valence-corrected chi connectivity index (χ3v) is 3.28. The molecular weight excluding hydrogens is 290 g/mol. The van der Waals surface area contributed by atoms with E-state index >= 15 is 0 Å². The van der Waals surface area contributed by atoms with Crippen LogP contribution in [0, 0.1) is 0 Å². The SMILES string of the molecule is CC(=O)Nc1ccc(C=CC(=O)c2nc3ccccc3[nH]2)cc1. The number of anilines is 1. The summed E-state index contributed by atoms with van der Waals surface area (Å²) in [6, 6.07) is 14.7. The Balaban J connectivity index is 1.73. The highest BCUT2D eigenvalue weighted by atomic mass is 16.1. The molecule has 3 aromatic rings. The first-order chi connectivity index (χ1) is 11.1. The molecule has 0 saturated heterocycles. The van der Waals surface area contributed by atoms with Crippen LogP contribution in [0.2, 0.25) is 0 Å². The summed E-state index contributed by atoms with van der Waals surface area (Å²) in [6.45, 7) is 1.46. The molecule has 0 fully saturated rings. The number of rotatable bonds is 4. The molecule has 0 radical (unpaired) electrons. The Bertz CT molecular complexity index is 859. The minimum absolute atomic E-state index is 0.117. The highest BCUT2D eigenvalue weighted by Gasteiger charge is 2.07. The predicted molar refractivity (Wildman–Crippen MR) is 90.2 cm³/mol. The van der Waals surface area contributed by atoms with Gasteiger partial charge in [-0.2, -0.15) is 0 Å². The van der Waals surface area contributed by atoms with Crippen molar-refractivity contribution in [2.45, 2.75) is 6.92 Å². The van der Waals surface area contributed by atoms with Crippen LogP contribution in [0.25, 0.3) is 17.1 Å². The smallest absolute Gasteiger partial charge is 0.221 e. The van der Waals surface area contributed by atoms with Gasteiger partial charge in [-0.25, -0.2) is 4.98 Å². The predicted octanol–water partition coefficient (Wildman–Crippen LogP) is 3.42. The minimum Gasteiger partial charge on any atom is -0.335 e. The first kappa shape index (κ1) is 14.7. The number of nitrogens with one attached hydrogen (secondary N) is 2. The lowest BCUT2D eigenvalue weighted by Crippen LogP contribution is -2.05. The first-order valence-corrected chi connectivity index (χ1v) is 7.16. The Morgan fingerprint density at radius 1 is 1.09 bits per heavy atom. The summed E-state index contributed by atoms with van der Waals surface area (Å²) < 4.78 is 0. The van der Waals surface area contributed by atoms with E-state index in [-0.39, 0.29) is 11.7 Å². The second kappa shape index (κ2) is 6.27. The van der Waals surface area contributed by atoms with Crippen molar-refractivity contribution in [2.75, 3.05) is 5.32 Å². The number of imidazole rings is 1. The Morgan fingerprint density at radius 2 is 1.83 bits per heavy atom. The number of aromatic nitrogens is 2. The van der Waals surface area contributed by atoms with E-state index in [0.717, 1.165) is 22.3 Å². The average molecular weight is 305 g/mol. The molecule has 23 heavy (non-hydrogen) atoms. The molecule has 0 aliphatic heterocycles. The van der Waals surface area contributed by atoms with Crippen LogP contribution in [0.5, 0.6) is 0 Å². The molecule has 0 unspecified atom stereocenters. The maximum atomic E-state index is 12.2. The standard InChI is InChI=1S/C18H15N3O2/c1-12(22)19-14-9-6-13(7-10-14)8-11-17(23)18-20-15-4-2-3-5-16(15)21-18/h2-11H,1H3,(H,19,22)(H,20,21). The summed E-state index contributed by atoms with van der Waals surface area (Å²) in [5.74, 6) is 0.0119. The fourth-order valence-corrected chi connectivity index (χ4v) is 2.20. The highest BCUT2D eigenvalue weighted by molar-refractivity contribution is 6.05. The van der Waals surface area contributed by atoms with E-state index < -0.39 is 0 Å². The first-order valence-electron chi connectivity index (χ1n) is 7.16. The van der Waals surface area contributed by atoms with Crippen LogP contribution in [0.15, 0.2) is 54.6 Å². The van der Waals surface area contributed by atoms with Gasteiger partial charge in [0.05, 0.1) is 11.0 Å². The number of ketones is 1. The number of amides is 1. The molecule has 1 amide bonds. The second-order valence-electron chi connectivity index (χ2n) is 5.10. The van der Waals surface area contributed by atoms with Crippen molar-refractivity contribution in [1.29, 1.82) is 0 Å². The lowest BCUT2D eigenvalue weighted by atomic mass is 10.1. The number of aromatic amines is 1. The number of hydrogen-bond donors (Lipinski definition) is 2. The highest BCUT2D eigenvalue weighted by Crippen LogP contribution is 2.13. The summed E-state index contributed by atoms with van der Waals surface area (Å²) in [4.78, 5) is 30.4. The molecule has 1 aromatic heterocycles. The van der Waals surface area contributed by atoms with Gasteiger partial charge in [0, 0.05) is 12.6 Å². The second-order valence-corrected chi connectivity index (χ2v) is 5.10. The molecule has 0 aliphatic carbocycles. The largest absolute Gasteiger partial charge is 0.335 e. The molecule has 5 nitrogen and oxygen atoms in total. The third kappa shape index (κ3) is 3.52. The molecule has 1 heterocycles. The van der Waals surface area contributed by atoms with Crippen LogP contribution < -0.4 is 5.32 Å². The molecule has 0 saturated carbocycles. The zero-order valence-corrected chi connectivity index (χ0v) is 12.5. The third-order valence-electron chi connectivity index (χ3n) is 3.28. The Labute approximate surface area is 133 Å². The lowest BCUT2D eigenvalue weighted by molar-refractivity contribution is -0.114. The lowest BCUT2D eigenvalue weighted by Gasteiger charge is -2.01. The zero-order chi connectivity index (χ0) is 16.2. The number of benzene rings is 2. The van der Waals surface area contributed by atoms with Crippen molar-refractivity contribution < 1.29 is 9.59 Å². The molecule has 2 aromatic carbocycles. The van der Waals surface area contributed by atoms with Crippen LogP contribution in [-0.4, -0.2) is 21.7 Å². The zero-order valence-electron chi connectivity index (χ0n) is 12.5. The summed E-state index contributed by atoms with van der Waals surface area (Å²) in [5.41, 5.74) is 3.19. The van der Waals surface area contributed by atoms with Gasteiger partial charge in [-0.15, -0.1) is 0 Å². The van der Waals surface area contributed by atoms with Gasteiger partial charge < -0.3 is 10.3 Å². The molecule has 5 heteroatoms. The van der Waals surface area contributed by atoms with Gasteiger partial charge in [-0.1, -0.05) is 30.3 Å². The quantitative estimate of drug-likeness (QED) is 0.573. The maximum absolute atomic E-state index is 12.2. The van der Waals surface area contributed by atoms with Crippen molar-refractivity contribution in [3.05, 3.63) is 66.0 Å². The number of carbonyl (C=O) groups is 2. The van der Waals surface area contributed by atoms with Gasteiger partial charge in [-0.3, -0.25) is 9.59 Å². The summed E-state index contributed by atoms with van der Waals surface area (Å²) >= 11 is 0. The number of hydrogen-bond acceptors (Lipinski definition) is 3. The number of fused-ring (bicyclic) bond motifs is 1. The van der Waals surface area contributed by atoms with Gasteiger partial charge >= 0.3 is 0 Å². The van der Waals surface area contributed by atoms with Crippen molar-refractivity contribution in [3.63, 3.8) is 0 Å². The molecule has 3 rings (SSSR count). The van der Waals surface area contributed by atoms with E-state index in [2.05, 4.69) is 15.3 Å². The number of allylic oxidation sites excluding steroid dienone is 1. The van der Waals surface area contributed by atoms with E-state index in [1.165, 1.54) is 13.0 Å². The van der Waals surface area contributed by atoms with Gasteiger partial charge in [0.25, 0.3) is 0 Å². The van der Waals surface area contributed by atoms with Gasteiger partial charge in [0.15, 0.2) is 5.82 Å². The van der Waals surface area contributed by atoms with Crippen molar-refractivity contribution in [2.24, 2.45) is 0 Å². The van der Waals surface area contributed by atoms with Gasteiger partial charge in [0.2, 0.25) is 11.7 Å². The Morgan fingerprint density at radius 3 is 2.52 bits per heavy atom. The van der Waals surface area contributed by atoms with Crippen LogP contribution in [0.4, 0.5) is 5.69 Å². The molecule has 0 aliphatic rings. The fraction of sp³-hybridized carbons (Fsp3) is 0.0556. The van der Waals surface area contributed by atoms with Crippen LogP contribution in [0.1, 0.15) is 23.1 Å². The van der Waals surface area contributed by atoms with E-state index in [4.69, 9.17) is 0 Å². The molecule has 114 valence electrons. The van der Waals surface area contributed by atoms with Gasteiger partial charge in [-0.05, 0) is 35.9 Å². The van der Waals surface area contributed by atoms with E-state index in [1.54, 1.807) is 18.2 Å². The summed E-state index contributed by atoms with van der Waals surface area (Å²) in [5, 5.41) is 2.69. The van der Waals surface area contributed by atoms with Crippen molar-refractivity contribution in [3.8, 4) is 0 Å². The topological polar surface area (TPSA) is 74.8 Å². The monoisotopic (exact) mass is 305 g/mol. The molecule has 0 bridgehead atoms. The number of carbonyl (C=O) groups excluding carboxylic acids is 2.